The summed E-state index contributed by atoms with van der Waals surface area (Å²) in [7, 11) is 1.57. The molecule has 1 N–H and O–H groups in total. The Balaban J connectivity index is 2.35. The number of ether oxygens (including phenoxy) is 2. The Bertz CT molecular complexity index is 513. The van der Waals surface area contributed by atoms with Crippen molar-refractivity contribution < 1.29 is 19.4 Å². The van der Waals surface area contributed by atoms with Gasteiger partial charge in [-0.25, -0.2) is 0 Å². The van der Waals surface area contributed by atoms with Crippen LogP contribution in [-0.2, 0) is 16.0 Å². The SMILES string of the molecule is CCCCCCCCCCC[C@H](Cc1cc(O)cc(OC)c1)OC(C)=O. The van der Waals surface area contributed by atoms with Gasteiger partial charge in [0.05, 0.1) is 7.11 Å². The first-order valence-corrected chi connectivity index (χ1v) is 10.1. The molecule has 0 bridgehead atoms. The van der Waals surface area contributed by atoms with E-state index in [-0.39, 0.29) is 17.8 Å². The molecule has 148 valence electrons. The first-order valence-electron chi connectivity index (χ1n) is 10.1. The molecule has 0 saturated heterocycles. The van der Waals surface area contributed by atoms with Gasteiger partial charge in [-0.2, -0.15) is 0 Å². The van der Waals surface area contributed by atoms with Crippen LogP contribution in [0.15, 0.2) is 18.2 Å². The molecule has 1 aromatic rings. The molecule has 4 heteroatoms. The predicted molar refractivity (Wildman–Crippen MR) is 106 cm³/mol. The molecule has 0 spiro atoms. The molecule has 1 rings (SSSR count). The van der Waals surface area contributed by atoms with Gasteiger partial charge in [0.1, 0.15) is 17.6 Å². The van der Waals surface area contributed by atoms with Crippen molar-refractivity contribution >= 4 is 5.97 Å². The zero-order valence-electron chi connectivity index (χ0n) is 16.8. The van der Waals surface area contributed by atoms with E-state index >= 15 is 0 Å². The standard InChI is InChI=1S/C22H36O4/c1-4-5-6-7-8-9-10-11-12-13-21(26-18(2)23)15-19-14-20(24)17-22(16-19)25-3/h14,16-17,21,24H,4-13,15H2,1-3H3/t21-/m1/s1. The number of hydrogen-bond donors (Lipinski definition) is 1. The number of benzene rings is 1. The molecule has 0 aliphatic carbocycles. The summed E-state index contributed by atoms with van der Waals surface area (Å²) in [5, 5.41) is 9.78. The highest BCUT2D eigenvalue weighted by atomic mass is 16.5. The Morgan fingerprint density at radius 1 is 1.00 bits per heavy atom. The summed E-state index contributed by atoms with van der Waals surface area (Å²) >= 11 is 0. The second-order valence-electron chi connectivity index (χ2n) is 7.09. The third kappa shape index (κ3) is 10.3. The molecule has 0 saturated carbocycles. The van der Waals surface area contributed by atoms with Crippen molar-refractivity contribution in [2.24, 2.45) is 0 Å². The Morgan fingerprint density at radius 2 is 1.62 bits per heavy atom. The summed E-state index contributed by atoms with van der Waals surface area (Å²) in [4.78, 5) is 11.4. The van der Waals surface area contributed by atoms with Crippen molar-refractivity contribution in [2.45, 2.75) is 90.6 Å². The number of esters is 1. The molecule has 0 fully saturated rings. The van der Waals surface area contributed by atoms with Crippen LogP contribution in [0.2, 0.25) is 0 Å². The normalized spacial score (nSPS) is 12.0. The lowest BCUT2D eigenvalue weighted by Gasteiger charge is -2.18. The van der Waals surface area contributed by atoms with Gasteiger partial charge in [-0.05, 0) is 30.5 Å². The van der Waals surface area contributed by atoms with Crippen LogP contribution >= 0.6 is 0 Å². The molecule has 1 atom stereocenters. The maximum absolute atomic E-state index is 11.4. The lowest BCUT2D eigenvalue weighted by molar-refractivity contribution is -0.146. The molecule has 4 nitrogen and oxygen atoms in total. The Morgan fingerprint density at radius 3 is 2.19 bits per heavy atom. The number of carbonyl (C=O) groups is 1. The van der Waals surface area contributed by atoms with Crippen molar-refractivity contribution in [3.05, 3.63) is 23.8 Å². The zero-order chi connectivity index (χ0) is 19.2. The minimum absolute atomic E-state index is 0.149. The van der Waals surface area contributed by atoms with E-state index in [4.69, 9.17) is 9.47 Å². The van der Waals surface area contributed by atoms with Crippen molar-refractivity contribution in [1.29, 1.82) is 0 Å². The van der Waals surface area contributed by atoms with Crippen LogP contribution in [0.3, 0.4) is 0 Å². The maximum atomic E-state index is 11.4. The van der Waals surface area contributed by atoms with E-state index in [1.165, 1.54) is 58.3 Å². The van der Waals surface area contributed by atoms with Gasteiger partial charge in [-0.15, -0.1) is 0 Å². The van der Waals surface area contributed by atoms with Crippen molar-refractivity contribution in [1.82, 2.24) is 0 Å². The summed E-state index contributed by atoms with van der Waals surface area (Å²) in [5.41, 5.74) is 0.920. The van der Waals surface area contributed by atoms with Crippen LogP contribution < -0.4 is 4.74 Å². The van der Waals surface area contributed by atoms with Crippen LogP contribution in [0.1, 0.15) is 83.6 Å². The molecule has 0 aliphatic rings. The molecular formula is C22H36O4. The number of carbonyl (C=O) groups excluding carboxylic acids is 1. The Kier molecular flexibility index (Phi) is 11.6. The van der Waals surface area contributed by atoms with E-state index in [9.17, 15) is 9.90 Å². The lowest BCUT2D eigenvalue weighted by Crippen LogP contribution is -2.19. The smallest absolute Gasteiger partial charge is 0.302 e. The molecular weight excluding hydrogens is 328 g/mol. The van der Waals surface area contributed by atoms with Gasteiger partial charge in [0, 0.05) is 19.4 Å². The maximum Gasteiger partial charge on any atom is 0.302 e. The number of rotatable bonds is 14. The number of aromatic hydroxyl groups is 1. The van der Waals surface area contributed by atoms with Gasteiger partial charge in [-0.1, -0.05) is 58.3 Å². The van der Waals surface area contributed by atoms with Gasteiger partial charge in [0.25, 0.3) is 0 Å². The van der Waals surface area contributed by atoms with Crippen molar-refractivity contribution in [3.8, 4) is 11.5 Å². The van der Waals surface area contributed by atoms with Crippen LogP contribution in [0.5, 0.6) is 11.5 Å². The van der Waals surface area contributed by atoms with Crippen molar-refractivity contribution in [2.75, 3.05) is 7.11 Å². The van der Waals surface area contributed by atoms with E-state index in [0.717, 1.165) is 18.4 Å². The van der Waals surface area contributed by atoms with Crippen molar-refractivity contribution in [3.63, 3.8) is 0 Å². The molecule has 0 amide bonds. The summed E-state index contributed by atoms with van der Waals surface area (Å²) in [6, 6.07) is 5.16. The minimum atomic E-state index is -0.252. The highest BCUT2D eigenvalue weighted by Gasteiger charge is 2.14. The van der Waals surface area contributed by atoms with Gasteiger partial charge in [0.15, 0.2) is 0 Å². The first kappa shape index (κ1) is 22.3. The van der Waals surface area contributed by atoms with Gasteiger partial charge < -0.3 is 14.6 Å². The fourth-order valence-corrected chi connectivity index (χ4v) is 3.26. The lowest BCUT2D eigenvalue weighted by atomic mass is 10.0. The van der Waals surface area contributed by atoms with E-state index < -0.39 is 0 Å². The largest absolute Gasteiger partial charge is 0.508 e. The highest BCUT2D eigenvalue weighted by molar-refractivity contribution is 5.66. The fraction of sp³-hybridized carbons (Fsp3) is 0.682. The third-order valence-electron chi connectivity index (χ3n) is 4.61. The average molecular weight is 365 g/mol. The topological polar surface area (TPSA) is 55.8 Å². The molecule has 26 heavy (non-hydrogen) atoms. The van der Waals surface area contributed by atoms with Crippen LogP contribution in [0, 0.1) is 0 Å². The number of hydrogen-bond acceptors (Lipinski definition) is 4. The van der Waals surface area contributed by atoms with Gasteiger partial charge in [0.2, 0.25) is 0 Å². The van der Waals surface area contributed by atoms with E-state index in [2.05, 4.69) is 6.92 Å². The fourth-order valence-electron chi connectivity index (χ4n) is 3.26. The van der Waals surface area contributed by atoms with Gasteiger partial charge in [-0.3, -0.25) is 4.79 Å². The van der Waals surface area contributed by atoms with Gasteiger partial charge >= 0.3 is 5.97 Å². The first-order chi connectivity index (χ1) is 12.5. The van der Waals surface area contributed by atoms with Crippen LogP contribution in [0.25, 0.3) is 0 Å². The number of phenols is 1. The summed E-state index contributed by atoms with van der Waals surface area (Å²) < 4.78 is 10.7. The second-order valence-corrected chi connectivity index (χ2v) is 7.09. The summed E-state index contributed by atoms with van der Waals surface area (Å²) in [6.07, 6.45) is 12.8. The monoisotopic (exact) mass is 364 g/mol. The van der Waals surface area contributed by atoms with E-state index in [1.54, 1.807) is 19.2 Å². The molecule has 0 aromatic heterocycles. The Hall–Kier alpha value is -1.71. The minimum Gasteiger partial charge on any atom is -0.508 e. The quantitative estimate of drug-likeness (QED) is 0.335. The predicted octanol–water partition coefficient (Wildman–Crippen LogP) is 5.80. The Labute approximate surface area is 158 Å². The molecule has 0 aliphatic heterocycles. The molecule has 0 unspecified atom stereocenters. The molecule has 1 aromatic carbocycles. The number of unbranched alkanes of at least 4 members (excludes halogenated alkanes) is 8. The van der Waals surface area contributed by atoms with Crippen LogP contribution in [0.4, 0.5) is 0 Å². The molecule has 0 heterocycles. The zero-order valence-corrected chi connectivity index (χ0v) is 16.8. The highest BCUT2D eigenvalue weighted by Crippen LogP contribution is 2.24. The summed E-state index contributed by atoms with van der Waals surface area (Å²) in [6.45, 7) is 3.69. The second kappa shape index (κ2) is 13.5. The average Bonchev–Trinajstić information content (AvgIpc) is 2.59. The number of methoxy groups -OCH3 is 1. The van der Waals surface area contributed by atoms with E-state index in [0.29, 0.717) is 12.2 Å². The van der Waals surface area contributed by atoms with Crippen LogP contribution in [-0.4, -0.2) is 24.3 Å². The number of phenolic OH excluding ortho intramolecular Hbond substituents is 1. The third-order valence-corrected chi connectivity index (χ3v) is 4.61. The molecule has 0 radical (unpaired) electrons. The summed E-state index contributed by atoms with van der Waals surface area (Å²) in [5.74, 6) is 0.534. The van der Waals surface area contributed by atoms with E-state index in [1.807, 2.05) is 6.07 Å².